The van der Waals surface area contributed by atoms with Crippen molar-refractivity contribution in [3.05, 3.63) is 22.8 Å². The topological polar surface area (TPSA) is 111 Å². The third-order valence-corrected chi connectivity index (χ3v) is 5.24. The molecule has 2 rings (SSSR count). The summed E-state index contributed by atoms with van der Waals surface area (Å²) in [6, 6.07) is 0.608. The summed E-state index contributed by atoms with van der Waals surface area (Å²) in [5.41, 5.74) is 1.14. The molecule has 1 aromatic carbocycles. The van der Waals surface area contributed by atoms with E-state index in [4.69, 9.17) is 14.2 Å². The highest BCUT2D eigenvalue weighted by Crippen LogP contribution is 2.35. The van der Waals surface area contributed by atoms with Gasteiger partial charge in [0, 0.05) is 28.7 Å². The quantitative estimate of drug-likeness (QED) is 0.723. The Morgan fingerprint density at radius 2 is 2.07 bits per heavy atom. The van der Waals surface area contributed by atoms with Crippen LogP contribution in [0.25, 0.3) is 0 Å². The molecule has 1 heterocycles. The molecule has 9 heteroatoms. The average Bonchev–Trinajstić information content (AvgIpc) is 2.61. The van der Waals surface area contributed by atoms with E-state index in [9.17, 15) is 19.5 Å². The lowest BCUT2D eigenvalue weighted by atomic mass is 10.0. The van der Waals surface area contributed by atoms with Crippen molar-refractivity contribution >= 4 is 29.6 Å². The zero-order valence-electron chi connectivity index (χ0n) is 15.7. The van der Waals surface area contributed by atoms with Gasteiger partial charge in [-0.3, -0.25) is 4.79 Å². The summed E-state index contributed by atoms with van der Waals surface area (Å²) < 4.78 is 15.3. The number of thioether (sulfide) groups is 1. The number of aromatic hydroxyl groups is 1. The number of benzene rings is 1. The number of hydrogen-bond donors (Lipinski definition) is 2. The molecule has 0 saturated heterocycles. The summed E-state index contributed by atoms with van der Waals surface area (Å²) in [5.74, 6) is -0.892. The predicted octanol–water partition coefficient (Wildman–Crippen LogP) is 1.55. The van der Waals surface area contributed by atoms with Crippen molar-refractivity contribution in [2.75, 3.05) is 20.0 Å². The second kappa shape index (κ2) is 8.98. The van der Waals surface area contributed by atoms with Gasteiger partial charge < -0.3 is 24.6 Å². The second-order valence-corrected chi connectivity index (χ2v) is 7.19. The maximum absolute atomic E-state index is 12.7. The molecular formula is C18H23NO7S. The number of amides is 1. The van der Waals surface area contributed by atoms with Gasteiger partial charge in [-0.2, -0.15) is 11.8 Å². The normalized spacial score (nSPS) is 21.0. The summed E-state index contributed by atoms with van der Waals surface area (Å²) >= 11 is 1.28. The molecular weight excluding hydrogens is 374 g/mol. The van der Waals surface area contributed by atoms with Gasteiger partial charge in [-0.25, -0.2) is 9.59 Å². The maximum Gasteiger partial charge on any atom is 0.339 e. The molecule has 2 N–H and O–H groups in total. The summed E-state index contributed by atoms with van der Waals surface area (Å²) in [7, 11) is 2.69. The first-order chi connectivity index (χ1) is 12.8. The highest BCUT2D eigenvalue weighted by molar-refractivity contribution is 7.98. The third kappa shape index (κ3) is 4.85. The molecule has 0 saturated carbocycles. The number of phenolic OH excluding ortho intramolecular Hbond substituents is 1. The fourth-order valence-corrected chi connectivity index (χ4v) is 3.89. The Bertz CT molecular complexity index is 750. The average molecular weight is 397 g/mol. The van der Waals surface area contributed by atoms with Crippen molar-refractivity contribution in [1.82, 2.24) is 5.32 Å². The molecule has 0 fully saturated rings. The number of fused-ring (bicyclic) bond motifs is 1. The fraction of sp³-hybridized carbons (Fsp3) is 0.500. The summed E-state index contributed by atoms with van der Waals surface area (Å²) in [6.07, 6.45) is -0.822. The minimum atomic E-state index is -0.834. The number of rotatable bonds is 2. The monoisotopic (exact) mass is 397 g/mol. The first-order valence-electron chi connectivity index (χ1n) is 8.33. The molecule has 0 aromatic heterocycles. The Labute approximate surface area is 161 Å². The van der Waals surface area contributed by atoms with E-state index in [1.165, 1.54) is 32.0 Å². The SMILES string of the molecule is COC(=O)[C@@H]1CSCc2c(O)cc(OC)c(C)c2C(=O)O[C@H](C)CC(=O)N1. The molecule has 1 amide bonds. The van der Waals surface area contributed by atoms with Gasteiger partial charge in [-0.1, -0.05) is 0 Å². The van der Waals surface area contributed by atoms with Crippen LogP contribution < -0.4 is 10.1 Å². The zero-order chi connectivity index (χ0) is 20.1. The first kappa shape index (κ1) is 20.9. The standard InChI is InChI=1S/C18H23NO7S/c1-9-5-15(21)19-12(17(22)25-4)8-27-7-11-13(20)6-14(24-3)10(2)16(11)18(23)26-9/h6,9,12,20H,5,7-8H2,1-4H3,(H,19,21)/t9-,12+/m1/s1. The first-order valence-corrected chi connectivity index (χ1v) is 9.49. The van der Waals surface area contributed by atoms with Gasteiger partial charge in [-0.15, -0.1) is 0 Å². The molecule has 0 unspecified atom stereocenters. The van der Waals surface area contributed by atoms with Gasteiger partial charge in [0.2, 0.25) is 5.91 Å². The smallest absolute Gasteiger partial charge is 0.339 e. The minimum absolute atomic E-state index is 0.0970. The lowest BCUT2D eigenvalue weighted by molar-refractivity contribution is -0.144. The van der Waals surface area contributed by atoms with E-state index in [0.717, 1.165) is 0 Å². The number of carbonyl (C=O) groups excluding carboxylic acids is 3. The predicted molar refractivity (Wildman–Crippen MR) is 99.0 cm³/mol. The van der Waals surface area contributed by atoms with Gasteiger partial charge in [0.15, 0.2) is 0 Å². The Kier molecular flexibility index (Phi) is 6.95. The Morgan fingerprint density at radius 3 is 2.70 bits per heavy atom. The number of cyclic esters (lactones) is 1. The molecule has 0 radical (unpaired) electrons. The summed E-state index contributed by atoms with van der Waals surface area (Å²) in [4.78, 5) is 36.7. The molecule has 1 aromatic rings. The molecule has 27 heavy (non-hydrogen) atoms. The lowest BCUT2D eigenvalue weighted by Gasteiger charge is -2.22. The van der Waals surface area contributed by atoms with Crippen molar-refractivity contribution in [3.63, 3.8) is 0 Å². The van der Waals surface area contributed by atoms with Crippen LogP contribution in [0.5, 0.6) is 11.5 Å². The number of esters is 2. The lowest BCUT2D eigenvalue weighted by Crippen LogP contribution is -2.44. The van der Waals surface area contributed by atoms with E-state index in [-0.39, 0.29) is 29.2 Å². The summed E-state index contributed by atoms with van der Waals surface area (Å²) in [6.45, 7) is 3.28. The number of hydrogen-bond acceptors (Lipinski definition) is 8. The molecule has 0 spiro atoms. The number of ether oxygens (including phenoxy) is 3. The highest BCUT2D eigenvalue weighted by atomic mass is 32.2. The van der Waals surface area contributed by atoms with E-state index < -0.39 is 30.0 Å². The van der Waals surface area contributed by atoms with Gasteiger partial charge >= 0.3 is 11.9 Å². The third-order valence-electron chi connectivity index (χ3n) is 4.18. The van der Waals surface area contributed by atoms with Gasteiger partial charge in [0.25, 0.3) is 0 Å². The number of carbonyl (C=O) groups is 3. The van der Waals surface area contributed by atoms with Crippen LogP contribution in [0.3, 0.4) is 0 Å². The Hall–Kier alpha value is -2.42. The van der Waals surface area contributed by atoms with Crippen LogP contribution in [0.2, 0.25) is 0 Å². The number of nitrogens with one attached hydrogen (secondary N) is 1. The van der Waals surface area contributed by atoms with E-state index in [0.29, 0.717) is 16.9 Å². The molecule has 2 atom stereocenters. The van der Waals surface area contributed by atoms with Gasteiger partial charge in [-0.05, 0) is 13.8 Å². The number of methoxy groups -OCH3 is 2. The molecule has 8 nitrogen and oxygen atoms in total. The van der Waals surface area contributed by atoms with Crippen molar-refractivity contribution in [3.8, 4) is 11.5 Å². The highest BCUT2D eigenvalue weighted by Gasteiger charge is 2.28. The Balaban J connectivity index is 2.45. The Morgan fingerprint density at radius 1 is 1.37 bits per heavy atom. The second-order valence-electron chi connectivity index (χ2n) is 6.15. The number of phenols is 1. The molecule has 0 bridgehead atoms. The fourth-order valence-electron chi connectivity index (χ4n) is 2.82. The van der Waals surface area contributed by atoms with E-state index in [1.54, 1.807) is 13.8 Å². The van der Waals surface area contributed by atoms with Crippen molar-refractivity contribution in [1.29, 1.82) is 0 Å². The molecule has 1 aliphatic heterocycles. The largest absolute Gasteiger partial charge is 0.507 e. The van der Waals surface area contributed by atoms with Crippen LogP contribution in [0.4, 0.5) is 0 Å². The molecule has 1 aliphatic rings. The minimum Gasteiger partial charge on any atom is -0.507 e. The maximum atomic E-state index is 12.7. The summed E-state index contributed by atoms with van der Waals surface area (Å²) in [5, 5.41) is 13.0. The van der Waals surface area contributed by atoms with Crippen LogP contribution in [0, 0.1) is 6.92 Å². The zero-order valence-corrected chi connectivity index (χ0v) is 16.5. The van der Waals surface area contributed by atoms with E-state index >= 15 is 0 Å². The van der Waals surface area contributed by atoms with E-state index in [2.05, 4.69) is 5.32 Å². The molecule has 0 aliphatic carbocycles. The van der Waals surface area contributed by atoms with E-state index in [1.807, 2.05) is 0 Å². The van der Waals surface area contributed by atoms with Crippen LogP contribution in [-0.2, 0) is 24.8 Å². The van der Waals surface area contributed by atoms with Crippen LogP contribution in [0.15, 0.2) is 6.07 Å². The molecule has 148 valence electrons. The van der Waals surface area contributed by atoms with Crippen LogP contribution >= 0.6 is 11.8 Å². The van der Waals surface area contributed by atoms with Gasteiger partial charge in [0.05, 0.1) is 26.2 Å². The van der Waals surface area contributed by atoms with Gasteiger partial charge in [0.1, 0.15) is 23.6 Å². The van der Waals surface area contributed by atoms with Crippen molar-refractivity contribution in [2.24, 2.45) is 0 Å². The van der Waals surface area contributed by atoms with Crippen molar-refractivity contribution in [2.45, 2.75) is 38.2 Å². The van der Waals surface area contributed by atoms with Crippen LogP contribution in [-0.4, -0.2) is 55.1 Å². The van der Waals surface area contributed by atoms with Crippen LogP contribution in [0.1, 0.15) is 34.8 Å². The van der Waals surface area contributed by atoms with Crippen molar-refractivity contribution < 1.29 is 33.7 Å².